The van der Waals surface area contributed by atoms with Crippen molar-refractivity contribution >= 4 is 28.3 Å². The van der Waals surface area contributed by atoms with Crippen LogP contribution in [0, 0.1) is 6.92 Å². The van der Waals surface area contributed by atoms with E-state index >= 15 is 0 Å². The topological polar surface area (TPSA) is 75.2 Å². The minimum Gasteiger partial charge on any atom is -0.329 e. The second-order valence-corrected chi connectivity index (χ2v) is 10.1. The normalized spacial score (nSPS) is 23.6. The second-order valence-electron chi connectivity index (χ2n) is 8.91. The SMILES string of the molecule is Cc1nnc(NC(=O)[C@H]2c3ccccc3C(=O)N(C3CCCC3)C23CCCCC3)s1. The molecule has 2 heterocycles. The highest BCUT2D eigenvalue weighted by atomic mass is 32.1. The number of carbonyl (C=O) groups excluding carboxylic acids is 2. The predicted octanol–water partition coefficient (Wildman–Crippen LogP) is 4.67. The average molecular weight is 425 g/mol. The van der Waals surface area contributed by atoms with Crippen molar-refractivity contribution in [2.24, 2.45) is 0 Å². The third-order valence-electron chi connectivity index (χ3n) is 7.17. The number of fused-ring (bicyclic) bond motifs is 1. The molecule has 0 saturated heterocycles. The van der Waals surface area contributed by atoms with Crippen molar-refractivity contribution < 1.29 is 9.59 Å². The molecule has 158 valence electrons. The fraction of sp³-hybridized carbons (Fsp3) is 0.565. The van der Waals surface area contributed by atoms with Crippen LogP contribution in [-0.4, -0.2) is 38.5 Å². The summed E-state index contributed by atoms with van der Waals surface area (Å²) in [4.78, 5) is 29.7. The van der Waals surface area contributed by atoms with Crippen LogP contribution >= 0.6 is 11.3 Å². The molecule has 1 spiro atoms. The quantitative estimate of drug-likeness (QED) is 0.777. The molecule has 2 saturated carbocycles. The molecule has 1 aromatic heterocycles. The Bertz CT molecular complexity index is 960. The molecule has 0 bridgehead atoms. The van der Waals surface area contributed by atoms with Gasteiger partial charge in [0.1, 0.15) is 5.01 Å². The van der Waals surface area contributed by atoms with E-state index in [1.54, 1.807) is 0 Å². The summed E-state index contributed by atoms with van der Waals surface area (Å²) in [6.07, 6.45) is 9.45. The Labute approximate surface area is 181 Å². The van der Waals surface area contributed by atoms with Gasteiger partial charge in [0.05, 0.1) is 11.5 Å². The Morgan fingerprint density at radius 3 is 2.53 bits per heavy atom. The molecule has 2 aliphatic carbocycles. The summed E-state index contributed by atoms with van der Waals surface area (Å²) in [6, 6.07) is 7.97. The zero-order chi connectivity index (χ0) is 20.7. The first-order valence-electron chi connectivity index (χ1n) is 11.1. The van der Waals surface area contributed by atoms with Crippen LogP contribution in [0.4, 0.5) is 5.13 Å². The lowest BCUT2D eigenvalue weighted by molar-refractivity contribution is -0.123. The average Bonchev–Trinajstić information content (AvgIpc) is 3.41. The van der Waals surface area contributed by atoms with Crippen LogP contribution in [0.2, 0.25) is 0 Å². The van der Waals surface area contributed by atoms with Crippen molar-refractivity contribution in [3.63, 3.8) is 0 Å². The van der Waals surface area contributed by atoms with Crippen LogP contribution in [0.1, 0.15) is 84.6 Å². The highest BCUT2D eigenvalue weighted by Gasteiger charge is 2.56. The number of hydrogen-bond donors (Lipinski definition) is 1. The number of aryl methyl sites for hydroxylation is 1. The molecule has 5 rings (SSSR count). The summed E-state index contributed by atoms with van der Waals surface area (Å²) >= 11 is 1.39. The summed E-state index contributed by atoms with van der Waals surface area (Å²) in [7, 11) is 0. The molecule has 2 aromatic rings. The maximum absolute atomic E-state index is 13.8. The van der Waals surface area contributed by atoms with E-state index < -0.39 is 5.54 Å². The second kappa shape index (κ2) is 7.76. The van der Waals surface area contributed by atoms with E-state index in [1.807, 2.05) is 31.2 Å². The Kier molecular flexibility index (Phi) is 5.09. The van der Waals surface area contributed by atoms with Crippen LogP contribution in [0.15, 0.2) is 24.3 Å². The number of carbonyl (C=O) groups is 2. The van der Waals surface area contributed by atoms with E-state index in [9.17, 15) is 9.59 Å². The van der Waals surface area contributed by atoms with Gasteiger partial charge in [0.15, 0.2) is 0 Å². The lowest BCUT2D eigenvalue weighted by atomic mass is 9.64. The number of benzene rings is 1. The number of aromatic nitrogens is 2. The summed E-state index contributed by atoms with van der Waals surface area (Å²) < 4.78 is 0. The van der Waals surface area contributed by atoms with E-state index in [0.717, 1.165) is 61.9 Å². The number of nitrogens with zero attached hydrogens (tertiary/aromatic N) is 3. The maximum atomic E-state index is 13.8. The van der Waals surface area contributed by atoms with Crippen molar-refractivity contribution in [3.05, 3.63) is 40.4 Å². The van der Waals surface area contributed by atoms with Crippen molar-refractivity contribution in [3.8, 4) is 0 Å². The van der Waals surface area contributed by atoms with Gasteiger partial charge in [-0.1, -0.05) is 61.6 Å². The number of amides is 2. The highest BCUT2D eigenvalue weighted by molar-refractivity contribution is 7.15. The van der Waals surface area contributed by atoms with Crippen LogP contribution in [0.25, 0.3) is 0 Å². The molecule has 2 amide bonds. The lowest BCUT2D eigenvalue weighted by Crippen LogP contribution is -2.64. The standard InChI is InChI=1S/C23H28N4O2S/c1-15-25-26-22(30-15)24-20(28)19-17-11-5-6-12-18(17)21(29)27(16-9-3-4-10-16)23(19)13-7-2-8-14-23/h5-6,11-12,16,19H,2-4,7-10,13-14H2,1H3,(H,24,26,28)/t19-/m1/s1. The maximum Gasteiger partial charge on any atom is 0.254 e. The molecule has 3 aliphatic rings. The van der Waals surface area contributed by atoms with Gasteiger partial charge in [-0.3, -0.25) is 14.9 Å². The number of nitrogens with one attached hydrogen (secondary N) is 1. The first-order valence-corrected chi connectivity index (χ1v) is 12.0. The minimum absolute atomic E-state index is 0.0593. The van der Waals surface area contributed by atoms with Gasteiger partial charge in [0.25, 0.3) is 5.91 Å². The molecular weight excluding hydrogens is 396 g/mol. The van der Waals surface area contributed by atoms with Crippen molar-refractivity contribution in [1.29, 1.82) is 0 Å². The minimum atomic E-state index is -0.442. The molecule has 1 atom stereocenters. The van der Waals surface area contributed by atoms with Crippen LogP contribution in [0.5, 0.6) is 0 Å². The van der Waals surface area contributed by atoms with E-state index in [0.29, 0.717) is 10.7 Å². The summed E-state index contributed by atoms with van der Waals surface area (Å²) in [5.41, 5.74) is 1.12. The Morgan fingerprint density at radius 2 is 1.83 bits per heavy atom. The summed E-state index contributed by atoms with van der Waals surface area (Å²) in [5.74, 6) is -0.317. The van der Waals surface area contributed by atoms with E-state index in [4.69, 9.17) is 0 Å². The molecule has 0 radical (unpaired) electrons. The molecule has 7 heteroatoms. The third-order valence-corrected chi connectivity index (χ3v) is 7.92. The number of anilines is 1. The number of hydrogen-bond acceptors (Lipinski definition) is 5. The summed E-state index contributed by atoms with van der Waals surface area (Å²) in [5, 5.41) is 12.5. The Morgan fingerprint density at radius 1 is 1.10 bits per heavy atom. The van der Waals surface area contributed by atoms with E-state index in [2.05, 4.69) is 20.4 Å². The number of rotatable bonds is 3. The third kappa shape index (κ3) is 3.14. The first-order chi connectivity index (χ1) is 14.6. The Hall–Kier alpha value is -2.28. The van der Waals surface area contributed by atoms with E-state index in [1.165, 1.54) is 17.8 Å². The zero-order valence-corrected chi connectivity index (χ0v) is 18.2. The van der Waals surface area contributed by atoms with Crippen molar-refractivity contribution in [1.82, 2.24) is 15.1 Å². The van der Waals surface area contributed by atoms with E-state index in [-0.39, 0.29) is 23.8 Å². The van der Waals surface area contributed by atoms with Gasteiger partial charge >= 0.3 is 0 Å². The first kappa shape index (κ1) is 19.7. The molecule has 1 aliphatic heterocycles. The molecular formula is C23H28N4O2S. The molecule has 30 heavy (non-hydrogen) atoms. The smallest absolute Gasteiger partial charge is 0.254 e. The predicted molar refractivity (Wildman–Crippen MR) is 117 cm³/mol. The van der Waals surface area contributed by atoms with Gasteiger partial charge in [-0.25, -0.2) is 0 Å². The summed E-state index contributed by atoms with van der Waals surface area (Å²) in [6.45, 7) is 1.88. The molecule has 2 fully saturated rings. The van der Waals surface area contributed by atoms with Gasteiger partial charge in [-0.2, -0.15) is 0 Å². The zero-order valence-electron chi connectivity index (χ0n) is 17.4. The van der Waals surface area contributed by atoms with Crippen molar-refractivity contribution in [2.75, 3.05) is 5.32 Å². The van der Waals surface area contributed by atoms with Gasteiger partial charge in [0, 0.05) is 11.6 Å². The molecule has 1 aromatic carbocycles. The van der Waals surface area contributed by atoms with Gasteiger partial charge in [0.2, 0.25) is 11.0 Å². The Balaban J connectivity index is 1.63. The molecule has 6 nitrogen and oxygen atoms in total. The van der Waals surface area contributed by atoms with Crippen LogP contribution in [-0.2, 0) is 4.79 Å². The van der Waals surface area contributed by atoms with Gasteiger partial charge < -0.3 is 4.90 Å². The van der Waals surface area contributed by atoms with Gasteiger partial charge in [-0.15, -0.1) is 10.2 Å². The van der Waals surface area contributed by atoms with Gasteiger partial charge in [-0.05, 0) is 44.2 Å². The molecule has 0 unspecified atom stereocenters. The molecule has 1 N–H and O–H groups in total. The van der Waals surface area contributed by atoms with Crippen molar-refractivity contribution in [2.45, 2.75) is 82.2 Å². The van der Waals surface area contributed by atoms with Crippen LogP contribution < -0.4 is 5.32 Å². The lowest BCUT2D eigenvalue weighted by Gasteiger charge is -2.55. The highest BCUT2D eigenvalue weighted by Crippen LogP contribution is 2.51. The fourth-order valence-electron chi connectivity index (χ4n) is 6.00. The largest absolute Gasteiger partial charge is 0.329 e. The fourth-order valence-corrected chi connectivity index (χ4v) is 6.59. The monoisotopic (exact) mass is 424 g/mol. The van der Waals surface area contributed by atoms with Crippen LogP contribution in [0.3, 0.4) is 0 Å².